The molecule has 0 aromatic heterocycles. The van der Waals surface area contributed by atoms with Gasteiger partial charge in [0.2, 0.25) is 0 Å². The van der Waals surface area contributed by atoms with Crippen molar-refractivity contribution in [2.24, 2.45) is 11.8 Å². The van der Waals surface area contributed by atoms with Crippen molar-refractivity contribution >= 4 is 31.9 Å². The number of hydrogen-bond acceptors (Lipinski definition) is 1. The molecule has 17 heavy (non-hydrogen) atoms. The van der Waals surface area contributed by atoms with E-state index in [0.717, 1.165) is 34.5 Å². The standard InChI is InChI=1S/C14H20Br2O/c1-11(2)8-12(10-15)6-7-17-14-5-3-4-13(16)9-14/h3-5,9,11-12H,6-8,10H2,1-2H3. The molecule has 0 fully saturated rings. The molecule has 1 aromatic carbocycles. The molecule has 0 bridgehead atoms. The Morgan fingerprint density at radius 2 is 2.06 bits per heavy atom. The van der Waals surface area contributed by atoms with Crippen LogP contribution in [-0.4, -0.2) is 11.9 Å². The molecule has 1 nitrogen and oxygen atoms in total. The van der Waals surface area contributed by atoms with Gasteiger partial charge in [-0.15, -0.1) is 0 Å². The molecule has 1 atom stereocenters. The largest absolute Gasteiger partial charge is 0.494 e. The fourth-order valence-electron chi connectivity index (χ4n) is 1.82. The molecule has 0 saturated carbocycles. The zero-order valence-electron chi connectivity index (χ0n) is 10.5. The summed E-state index contributed by atoms with van der Waals surface area (Å²) < 4.78 is 6.81. The molecule has 1 aromatic rings. The highest BCUT2D eigenvalue weighted by Gasteiger charge is 2.09. The van der Waals surface area contributed by atoms with Crippen LogP contribution in [0.25, 0.3) is 0 Å². The van der Waals surface area contributed by atoms with E-state index in [1.807, 2.05) is 24.3 Å². The van der Waals surface area contributed by atoms with Gasteiger partial charge >= 0.3 is 0 Å². The fraction of sp³-hybridized carbons (Fsp3) is 0.571. The minimum Gasteiger partial charge on any atom is -0.494 e. The Morgan fingerprint density at radius 3 is 2.65 bits per heavy atom. The molecule has 3 heteroatoms. The summed E-state index contributed by atoms with van der Waals surface area (Å²) in [7, 11) is 0. The zero-order valence-corrected chi connectivity index (χ0v) is 13.6. The van der Waals surface area contributed by atoms with Crippen LogP contribution in [0.5, 0.6) is 5.75 Å². The molecular formula is C14H20Br2O. The van der Waals surface area contributed by atoms with E-state index in [4.69, 9.17) is 4.74 Å². The smallest absolute Gasteiger partial charge is 0.120 e. The third-order valence-corrected chi connectivity index (χ3v) is 4.02. The summed E-state index contributed by atoms with van der Waals surface area (Å²) in [5.74, 6) is 2.41. The molecule has 0 N–H and O–H groups in total. The van der Waals surface area contributed by atoms with Crippen LogP contribution >= 0.6 is 31.9 Å². The van der Waals surface area contributed by atoms with Crippen LogP contribution in [0.3, 0.4) is 0 Å². The summed E-state index contributed by atoms with van der Waals surface area (Å²) >= 11 is 7.02. The van der Waals surface area contributed by atoms with Crippen LogP contribution in [0.4, 0.5) is 0 Å². The van der Waals surface area contributed by atoms with Crippen molar-refractivity contribution in [2.45, 2.75) is 26.7 Å². The molecule has 0 amide bonds. The predicted octanol–water partition coefficient (Wildman–Crippen LogP) is 5.28. The normalized spacial score (nSPS) is 12.8. The van der Waals surface area contributed by atoms with Gasteiger partial charge < -0.3 is 4.74 Å². The van der Waals surface area contributed by atoms with Gasteiger partial charge in [-0.05, 0) is 42.9 Å². The highest BCUT2D eigenvalue weighted by atomic mass is 79.9. The summed E-state index contributed by atoms with van der Waals surface area (Å²) in [6.45, 7) is 5.33. The molecule has 0 aliphatic heterocycles. The maximum atomic E-state index is 5.75. The molecule has 0 radical (unpaired) electrons. The van der Waals surface area contributed by atoms with E-state index in [0.29, 0.717) is 5.92 Å². The summed E-state index contributed by atoms with van der Waals surface area (Å²) in [5.41, 5.74) is 0. The van der Waals surface area contributed by atoms with E-state index < -0.39 is 0 Å². The van der Waals surface area contributed by atoms with Crippen molar-refractivity contribution in [3.63, 3.8) is 0 Å². The minimum atomic E-state index is 0.710. The maximum Gasteiger partial charge on any atom is 0.120 e. The van der Waals surface area contributed by atoms with Gasteiger partial charge in [0, 0.05) is 9.80 Å². The second-order valence-electron chi connectivity index (χ2n) is 4.74. The first-order valence-corrected chi connectivity index (χ1v) is 7.97. The lowest BCUT2D eigenvalue weighted by molar-refractivity contribution is 0.272. The van der Waals surface area contributed by atoms with Crippen molar-refractivity contribution < 1.29 is 4.74 Å². The average molecular weight is 364 g/mol. The lowest BCUT2D eigenvalue weighted by Crippen LogP contribution is -2.11. The Balaban J connectivity index is 2.31. The summed E-state index contributed by atoms with van der Waals surface area (Å²) in [4.78, 5) is 0. The third-order valence-electron chi connectivity index (χ3n) is 2.61. The van der Waals surface area contributed by atoms with E-state index in [1.165, 1.54) is 6.42 Å². The Kier molecular flexibility index (Phi) is 7.21. The summed E-state index contributed by atoms with van der Waals surface area (Å²) in [6.07, 6.45) is 2.36. The van der Waals surface area contributed by atoms with Gasteiger partial charge in [-0.3, -0.25) is 0 Å². The second kappa shape index (κ2) is 8.15. The lowest BCUT2D eigenvalue weighted by Gasteiger charge is -2.16. The first-order chi connectivity index (χ1) is 8.11. The number of hydrogen-bond donors (Lipinski definition) is 0. The molecule has 1 rings (SSSR count). The van der Waals surface area contributed by atoms with Gasteiger partial charge in [-0.1, -0.05) is 51.8 Å². The van der Waals surface area contributed by atoms with Crippen molar-refractivity contribution in [3.05, 3.63) is 28.7 Å². The van der Waals surface area contributed by atoms with Gasteiger partial charge in [0.15, 0.2) is 0 Å². The molecule has 0 spiro atoms. The topological polar surface area (TPSA) is 9.23 Å². The van der Waals surface area contributed by atoms with E-state index in [9.17, 15) is 0 Å². The number of ether oxygens (including phenoxy) is 1. The lowest BCUT2D eigenvalue weighted by atomic mass is 9.96. The van der Waals surface area contributed by atoms with Crippen LogP contribution in [0.1, 0.15) is 26.7 Å². The van der Waals surface area contributed by atoms with E-state index in [2.05, 4.69) is 45.7 Å². The highest BCUT2D eigenvalue weighted by molar-refractivity contribution is 9.10. The van der Waals surface area contributed by atoms with Gasteiger partial charge in [0.1, 0.15) is 5.75 Å². The van der Waals surface area contributed by atoms with Crippen molar-refractivity contribution in [1.29, 1.82) is 0 Å². The molecule has 0 aliphatic rings. The second-order valence-corrected chi connectivity index (χ2v) is 6.31. The Labute approximate surface area is 121 Å². The molecule has 0 saturated heterocycles. The SMILES string of the molecule is CC(C)CC(CBr)CCOc1cccc(Br)c1. The first kappa shape index (κ1) is 15.0. The maximum absolute atomic E-state index is 5.75. The quantitative estimate of drug-likeness (QED) is 0.599. The van der Waals surface area contributed by atoms with Crippen molar-refractivity contribution in [2.75, 3.05) is 11.9 Å². The highest BCUT2D eigenvalue weighted by Crippen LogP contribution is 2.20. The first-order valence-electron chi connectivity index (χ1n) is 6.06. The van der Waals surface area contributed by atoms with Crippen molar-refractivity contribution in [3.8, 4) is 5.75 Å². The molecule has 1 unspecified atom stereocenters. The Bertz CT molecular complexity index is 326. The minimum absolute atomic E-state index is 0.710. The Hall–Kier alpha value is -0.0200. The molecule has 0 heterocycles. The number of alkyl halides is 1. The van der Waals surface area contributed by atoms with Crippen molar-refractivity contribution in [1.82, 2.24) is 0 Å². The van der Waals surface area contributed by atoms with Crippen LogP contribution in [-0.2, 0) is 0 Å². The van der Waals surface area contributed by atoms with Gasteiger partial charge in [-0.25, -0.2) is 0 Å². The summed E-state index contributed by atoms with van der Waals surface area (Å²) in [6, 6.07) is 8.00. The number of benzene rings is 1. The van der Waals surface area contributed by atoms with Gasteiger partial charge in [0.05, 0.1) is 6.61 Å². The summed E-state index contributed by atoms with van der Waals surface area (Å²) in [5, 5.41) is 1.06. The predicted molar refractivity (Wildman–Crippen MR) is 81.0 cm³/mol. The van der Waals surface area contributed by atoms with Crippen LogP contribution in [0, 0.1) is 11.8 Å². The van der Waals surface area contributed by atoms with E-state index in [-0.39, 0.29) is 0 Å². The van der Waals surface area contributed by atoms with Gasteiger partial charge in [0.25, 0.3) is 0 Å². The van der Waals surface area contributed by atoms with Crippen LogP contribution in [0.2, 0.25) is 0 Å². The molecule has 96 valence electrons. The van der Waals surface area contributed by atoms with Crippen LogP contribution < -0.4 is 4.74 Å². The molecular weight excluding hydrogens is 344 g/mol. The average Bonchev–Trinajstić information content (AvgIpc) is 2.27. The van der Waals surface area contributed by atoms with Gasteiger partial charge in [-0.2, -0.15) is 0 Å². The fourth-order valence-corrected chi connectivity index (χ4v) is 2.79. The zero-order chi connectivity index (χ0) is 12.7. The molecule has 0 aliphatic carbocycles. The monoisotopic (exact) mass is 362 g/mol. The number of rotatable bonds is 7. The third kappa shape index (κ3) is 6.46. The number of halogens is 2. The Morgan fingerprint density at radius 1 is 1.29 bits per heavy atom. The van der Waals surface area contributed by atoms with Crippen LogP contribution in [0.15, 0.2) is 28.7 Å². The van der Waals surface area contributed by atoms with E-state index >= 15 is 0 Å². The van der Waals surface area contributed by atoms with E-state index in [1.54, 1.807) is 0 Å².